The minimum Gasteiger partial charge on any atom is -0.319 e. The van der Waals surface area contributed by atoms with Gasteiger partial charge in [0.2, 0.25) is 0 Å². The Hall–Kier alpha value is -0.830. The molecule has 16 heavy (non-hydrogen) atoms. The molecule has 0 saturated carbocycles. The van der Waals surface area contributed by atoms with Crippen LogP contribution in [0.1, 0.15) is 39.1 Å². The Kier molecular flexibility index (Phi) is 4.54. The largest absolute Gasteiger partial charge is 0.319 e. The molecule has 0 aliphatic carbocycles. The summed E-state index contributed by atoms with van der Waals surface area (Å²) in [5.74, 6) is 0. The molecule has 0 bridgehead atoms. The van der Waals surface area contributed by atoms with Crippen molar-refractivity contribution in [2.45, 2.75) is 47.1 Å². The van der Waals surface area contributed by atoms with E-state index >= 15 is 0 Å². The standard InChI is InChI=1S/C13H25N3/c1-6-11-8-12(16(7-2)15-11)9-13(3,4)10-14-5/h8,14H,6-7,9-10H2,1-5H3. The van der Waals surface area contributed by atoms with E-state index in [0.29, 0.717) is 0 Å². The van der Waals surface area contributed by atoms with E-state index in [2.05, 4.69) is 48.9 Å². The average molecular weight is 223 g/mol. The highest BCUT2D eigenvalue weighted by Crippen LogP contribution is 2.21. The van der Waals surface area contributed by atoms with Crippen molar-refractivity contribution < 1.29 is 0 Å². The molecule has 1 heterocycles. The zero-order chi connectivity index (χ0) is 12.2. The van der Waals surface area contributed by atoms with Gasteiger partial charge in [0.25, 0.3) is 0 Å². The maximum absolute atomic E-state index is 4.59. The normalized spacial score (nSPS) is 12.1. The van der Waals surface area contributed by atoms with Crippen molar-refractivity contribution in [3.8, 4) is 0 Å². The minimum atomic E-state index is 0.284. The van der Waals surface area contributed by atoms with E-state index in [0.717, 1.165) is 25.9 Å². The number of aryl methyl sites for hydroxylation is 2. The molecule has 1 rings (SSSR count). The predicted molar refractivity (Wildman–Crippen MR) is 68.7 cm³/mol. The third-order valence-electron chi connectivity index (χ3n) is 2.89. The lowest BCUT2D eigenvalue weighted by Gasteiger charge is -2.24. The first-order valence-electron chi connectivity index (χ1n) is 6.22. The van der Waals surface area contributed by atoms with Crippen LogP contribution in [-0.4, -0.2) is 23.4 Å². The molecule has 0 unspecified atom stereocenters. The lowest BCUT2D eigenvalue weighted by Crippen LogP contribution is -2.29. The molecule has 0 radical (unpaired) electrons. The maximum atomic E-state index is 4.59. The van der Waals surface area contributed by atoms with Gasteiger partial charge in [-0.2, -0.15) is 5.10 Å². The molecule has 0 saturated heterocycles. The van der Waals surface area contributed by atoms with Gasteiger partial charge in [0.05, 0.1) is 5.69 Å². The molecule has 1 aromatic rings. The second-order valence-corrected chi connectivity index (χ2v) is 5.17. The van der Waals surface area contributed by atoms with E-state index in [4.69, 9.17) is 0 Å². The molecule has 0 atom stereocenters. The van der Waals surface area contributed by atoms with Crippen molar-refractivity contribution in [3.63, 3.8) is 0 Å². The molecule has 92 valence electrons. The first-order chi connectivity index (χ1) is 7.52. The molecular formula is C13H25N3. The fraction of sp³-hybridized carbons (Fsp3) is 0.769. The van der Waals surface area contributed by atoms with Crippen LogP contribution in [0.5, 0.6) is 0 Å². The summed E-state index contributed by atoms with van der Waals surface area (Å²) in [4.78, 5) is 0. The molecule has 3 nitrogen and oxygen atoms in total. The SMILES string of the molecule is CCc1cc(CC(C)(C)CNC)n(CC)n1. The van der Waals surface area contributed by atoms with Crippen LogP contribution in [-0.2, 0) is 19.4 Å². The average Bonchev–Trinajstić information content (AvgIpc) is 2.59. The lowest BCUT2D eigenvalue weighted by molar-refractivity contribution is 0.339. The summed E-state index contributed by atoms with van der Waals surface area (Å²) in [5, 5.41) is 7.84. The number of aromatic nitrogens is 2. The second kappa shape index (κ2) is 5.48. The monoisotopic (exact) mass is 223 g/mol. The summed E-state index contributed by atoms with van der Waals surface area (Å²) in [7, 11) is 2.01. The Morgan fingerprint density at radius 2 is 2.06 bits per heavy atom. The van der Waals surface area contributed by atoms with Crippen molar-refractivity contribution >= 4 is 0 Å². The Bertz CT molecular complexity index is 326. The molecule has 1 aromatic heterocycles. The first-order valence-corrected chi connectivity index (χ1v) is 6.22. The van der Waals surface area contributed by atoms with Gasteiger partial charge in [0, 0.05) is 18.8 Å². The molecule has 1 N–H and O–H groups in total. The van der Waals surface area contributed by atoms with Gasteiger partial charge in [-0.15, -0.1) is 0 Å². The Labute approximate surface area is 99.2 Å². The quantitative estimate of drug-likeness (QED) is 0.801. The smallest absolute Gasteiger partial charge is 0.0624 e. The van der Waals surface area contributed by atoms with Gasteiger partial charge in [-0.1, -0.05) is 20.8 Å². The van der Waals surface area contributed by atoms with Crippen LogP contribution >= 0.6 is 0 Å². The van der Waals surface area contributed by atoms with Crippen LogP contribution in [0.3, 0.4) is 0 Å². The molecule has 3 heteroatoms. The van der Waals surface area contributed by atoms with Gasteiger partial charge < -0.3 is 5.32 Å². The zero-order valence-electron chi connectivity index (χ0n) is 11.3. The molecule has 0 amide bonds. The van der Waals surface area contributed by atoms with Crippen LogP contribution in [0.2, 0.25) is 0 Å². The van der Waals surface area contributed by atoms with E-state index in [1.165, 1.54) is 11.4 Å². The Morgan fingerprint density at radius 1 is 1.38 bits per heavy atom. The summed E-state index contributed by atoms with van der Waals surface area (Å²) in [6.07, 6.45) is 2.10. The van der Waals surface area contributed by atoms with Crippen LogP contribution < -0.4 is 5.32 Å². The van der Waals surface area contributed by atoms with Crippen LogP contribution in [0, 0.1) is 5.41 Å². The van der Waals surface area contributed by atoms with Crippen molar-refractivity contribution in [2.75, 3.05) is 13.6 Å². The van der Waals surface area contributed by atoms with E-state index in [1.807, 2.05) is 7.05 Å². The highest BCUT2D eigenvalue weighted by molar-refractivity contribution is 5.12. The van der Waals surface area contributed by atoms with Gasteiger partial charge in [-0.25, -0.2) is 0 Å². The highest BCUT2D eigenvalue weighted by Gasteiger charge is 2.20. The third kappa shape index (κ3) is 3.34. The number of rotatable bonds is 6. The topological polar surface area (TPSA) is 29.9 Å². The molecular weight excluding hydrogens is 198 g/mol. The van der Waals surface area contributed by atoms with Gasteiger partial charge in [0.15, 0.2) is 0 Å². The molecule has 0 aliphatic heterocycles. The second-order valence-electron chi connectivity index (χ2n) is 5.17. The van der Waals surface area contributed by atoms with E-state index in [-0.39, 0.29) is 5.41 Å². The fourth-order valence-corrected chi connectivity index (χ4v) is 2.14. The number of nitrogens with zero attached hydrogens (tertiary/aromatic N) is 2. The van der Waals surface area contributed by atoms with Crippen LogP contribution in [0.25, 0.3) is 0 Å². The van der Waals surface area contributed by atoms with Gasteiger partial charge in [0.1, 0.15) is 0 Å². The summed E-state index contributed by atoms with van der Waals surface area (Å²) in [6.45, 7) is 10.9. The summed E-state index contributed by atoms with van der Waals surface area (Å²) in [5.41, 5.74) is 2.85. The van der Waals surface area contributed by atoms with Crippen LogP contribution in [0.15, 0.2) is 6.07 Å². The summed E-state index contributed by atoms with van der Waals surface area (Å²) < 4.78 is 2.14. The zero-order valence-corrected chi connectivity index (χ0v) is 11.3. The summed E-state index contributed by atoms with van der Waals surface area (Å²) >= 11 is 0. The van der Waals surface area contributed by atoms with Gasteiger partial charge >= 0.3 is 0 Å². The first kappa shape index (κ1) is 13.2. The van der Waals surface area contributed by atoms with E-state index in [9.17, 15) is 0 Å². The van der Waals surface area contributed by atoms with Crippen molar-refractivity contribution in [2.24, 2.45) is 5.41 Å². The van der Waals surface area contributed by atoms with Gasteiger partial charge in [-0.05, 0) is 38.3 Å². The fourth-order valence-electron chi connectivity index (χ4n) is 2.14. The molecule has 0 spiro atoms. The minimum absolute atomic E-state index is 0.284. The van der Waals surface area contributed by atoms with Crippen molar-refractivity contribution in [1.29, 1.82) is 0 Å². The Balaban J connectivity index is 2.82. The molecule has 0 aromatic carbocycles. The maximum Gasteiger partial charge on any atom is 0.0624 e. The Morgan fingerprint density at radius 3 is 2.56 bits per heavy atom. The number of hydrogen-bond acceptors (Lipinski definition) is 2. The third-order valence-corrected chi connectivity index (χ3v) is 2.89. The van der Waals surface area contributed by atoms with Crippen molar-refractivity contribution in [1.82, 2.24) is 15.1 Å². The molecule has 0 aliphatic rings. The predicted octanol–water partition coefficient (Wildman–Crippen LogP) is 2.25. The van der Waals surface area contributed by atoms with Crippen molar-refractivity contribution in [3.05, 3.63) is 17.5 Å². The lowest BCUT2D eigenvalue weighted by atomic mass is 9.87. The number of hydrogen-bond donors (Lipinski definition) is 1. The number of nitrogens with one attached hydrogen (secondary N) is 1. The highest BCUT2D eigenvalue weighted by atomic mass is 15.3. The van der Waals surface area contributed by atoms with E-state index < -0.39 is 0 Å². The van der Waals surface area contributed by atoms with Gasteiger partial charge in [-0.3, -0.25) is 4.68 Å². The molecule has 0 fully saturated rings. The summed E-state index contributed by atoms with van der Waals surface area (Å²) in [6, 6.07) is 2.25. The van der Waals surface area contributed by atoms with E-state index in [1.54, 1.807) is 0 Å². The van der Waals surface area contributed by atoms with Crippen LogP contribution in [0.4, 0.5) is 0 Å².